The van der Waals surface area contributed by atoms with Gasteiger partial charge in [0.1, 0.15) is 5.82 Å². The predicted molar refractivity (Wildman–Crippen MR) is 74.2 cm³/mol. The van der Waals surface area contributed by atoms with Crippen molar-refractivity contribution in [3.63, 3.8) is 0 Å². The molecular formula is C15H16FNS. The van der Waals surface area contributed by atoms with E-state index in [4.69, 9.17) is 5.73 Å². The van der Waals surface area contributed by atoms with Crippen molar-refractivity contribution in [3.05, 3.63) is 59.9 Å². The molecule has 94 valence electrons. The Morgan fingerprint density at radius 1 is 1.11 bits per heavy atom. The number of benzene rings is 2. The Morgan fingerprint density at radius 3 is 2.44 bits per heavy atom. The summed E-state index contributed by atoms with van der Waals surface area (Å²) in [5.74, 6) is -0.204. The largest absolute Gasteiger partial charge is 0.324 e. The molecule has 0 saturated heterocycles. The molecule has 0 aliphatic rings. The minimum absolute atomic E-state index is 0.0956. The standard InChI is InChI=1S/C15H16FNS/c1-2-15(17)11-6-8-13(9-7-11)18-14-5-3-4-12(16)10-14/h3-10,15H,2,17H2,1H3/t15-/m1/s1. The highest BCUT2D eigenvalue weighted by atomic mass is 32.2. The Balaban J connectivity index is 2.11. The molecule has 0 aliphatic heterocycles. The fraction of sp³-hybridized carbons (Fsp3) is 0.200. The number of nitrogens with two attached hydrogens (primary N) is 1. The summed E-state index contributed by atoms with van der Waals surface area (Å²) >= 11 is 1.55. The monoisotopic (exact) mass is 261 g/mol. The zero-order valence-corrected chi connectivity index (χ0v) is 11.1. The maximum absolute atomic E-state index is 13.1. The van der Waals surface area contributed by atoms with Crippen molar-refractivity contribution in [1.29, 1.82) is 0 Å². The topological polar surface area (TPSA) is 26.0 Å². The van der Waals surface area contributed by atoms with Crippen molar-refractivity contribution in [2.24, 2.45) is 5.73 Å². The first-order chi connectivity index (χ1) is 8.69. The second-order valence-corrected chi connectivity index (χ2v) is 5.29. The van der Waals surface area contributed by atoms with Gasteiger partial charge in [-0.1, -0.05) is 36.9 Å². The second-order valence-electron chi connectivity index (χ2n) is 4.14. The zero-order chi connectivity index (χ0) is 13.0. The molecule has 18 heavy (non-hydrogen) atoms. The number of hydrogen-bond donors (Lipinski definition) is 1. The first-order valence-electron chi connectivity index (χ1n) is 5.98. The Hall–Kier alpha value is -1.32. The van der Waals surface area contributed by atoms with E-state index in [2.05, 4.69) is 6.92 Å². The van der Waals surface area contributed by atoms with E-state index in [9.17, 15) is 4.39 Å². The van der Waals surface area contributed by atoms with Crippen molar-refractivity contribution in [3.8, 4) is 0 Å². The van der Waals surface area contributed by atoms with E-state index in [-0.39, 0.29) is 11.9 Å². The van der Waals surface area contributed by atoms with Gasteiger partial charge >= 0.3 is 0 Å². The SMILES string of the molecule is CC[C@@H](N)c1ccc(Sc2cccc(F)c2)cc1. The molecule has 0 aliphatic carbocycles. The van der Waals surface area contributed by atoms with E-state index in [1.165, 1.54) is 12.1 Å². The molecule has 3 heteroatoms. The van der Waals surface area contributed by atoms with Crippen molar-refractivity contribution in [1.82, 2.24) is 0 Å². The van der Waals surface area contributed by atoms with Gasteiger partial charge in [0.05, 0.1) is 0 Å². The van der Waals surface area contributed by atoms with Crippen LogP contribution in [0.1, 0.15) is 24.9 Å². The van der Waals surface area contributed by atoms with Crippen LogP contribution in [0.5, 0.6) is 0 Å². The third kappa shape index (κ3) is 3.34. The Bertz CT molecular complexity index is 510. The quantitative estimate of drug-likeness (QED) is 0.883. The van der Waals surface area contributed by atoms with Gasteiger partial charge in [-0.15, -0.1) is 0 Å². The minimum atomic E-state index is -0.204. The van der Waals surface area contributed by atoms with E-state index in [1.54, 1.807) is 17.8 Å². The van der Waals surface area contributed by atoms with Crippen LogP contribution in [-0.2, 0) is 0 Å². The summed E-state index contributed by atoms with van der Waals surface area (Å²) in [7, 11) is 0. The van der Waals surface area contributed by atoms with Gasteiger partial charge in [0.2, 0.25) is 0 Å². The fourth-order valence-corrected chi connectivity index (χ4v) is 2.55. The van der Waals surface area contributed by atoms with Gasteiger partial charge in [0, 0.05) is 15.8 Å². The molecule has 1 atom stereocenters. The average Bonchev–Trinajstić information content (AvgIpc) is 2.39. The highest BCUT2D eigenvalue weighted by molar-refractivity contribution is 7.99. The molecule has 1 nitrogen and oxygen atoms in total. The third-order valence-corrected chi connectivity index (χ3v) is 3.78. The summed E-state index contributed by atoms with van der Waals surface area (Å²) in [6.45, 7) is 2.07. The van der Waals surface area contributed by atoms with Gasteiger partial charge in [-0.25, -0.2) is 4.39 Å². The summed E-state index contributed by atoms with van der Waals surface area (Å²) in [6, 6.07) is 14.8. The van der Waals surface area contributed by atoms with Gasteiger partial charge in [-0.2, -0.15) is 0 Å². The summed E-state index contributed by atoms with van der Waals surface area (Å²) < 4.78 is 13.1. The van der Waals surface area contributed by atoms with Crippen LogP contribution in [0.3, 0.4) is 0 Å². The first-order valence-corrected chi connectivity index (χ1v) is 6.79. The van der Waals surface area contributed by atoms with Crippen molar-refractivity contribution < 1.29 is 4.39 Å². The fourth-order valence-electron chi connectivity index (χ4n) is 1.69. The minimum Gasteiger partial charge on any atom is -0.324 e. The molecule has 2 rings (SSSR count). The molecule has 2 N–H and O–H groups in total. The number of rotatable bonds is 4. The molecular weight excluding hydrogens is 245 g/mol. The number of hydrogen-bond acceptors (Lipinski definition) is 2. The van der Waals surface area contributed by atoms with E-state index in [0.717, 1.165) is 21.8 Å². The van der Waals surface area contributed by atoms with Crippen LogP contribution >= 0.6 is 11.8 Å². The van der Waals surface area contributed by atoms with Crippen LogP contribution in [-0.4, -0.2) is 0 Å². The lowest BCUT2D eigenvalue weighted by molar-refractivity contribution is 0.624. The molecule has 0 saturated carbocycles. The van der Waals surface area contributed by atoms with Gasteiger partial charge in [0.25, 0.3) is 0 Å². The molecule has 0 aromatic heterocycles. The van der Waals surface area contributed by atoms with Crippen LogP contribution in [0.4, 0.5) is 4.39 Å². The smallest absolute Gasteiger partial charge is 0.124 e. The van der Waals surface area contributed by atoms with Crippen molar-refractivity contribution >= 4 is 11.8 Å². The Kier molecular flexibility index (Phi) is 4.39. The van der Waals surface area contributed by atoms with E-state index < -0.39 is 0 Å². The highest BCUT2D eigenvalue weighted by Gasteiger charge is 2.03. The first kappa shape index (κ1) is 13.1. The van der Waals surface area contributed by atoms with E-state index >= 15 is 0 Å². The average molecular weight is 261 g/mol. The zero-order valence-electron chi connectivity index (χ0n) is 10.3. The summed E-state index contributed by atoms with van der Waals surface area (Å²) in [5.41, 5.74) is 7.10. The van der Waals surface area contributed by atoms with Crippen LogP contribution in [0, 0.1) is 5.82 Å². The highest BCUT2D eigenvalue weighted by Crippen LogP contribution is 2.28. The number of halogens is 1. The molecule has 0 amide bonds. The molecule has 2 aromatic carbocycles. The lowest BCUT2D eigenvalue weighted by Gasteiger charge is -2.09. The lowest BCUT2D eigenvalue weighted by atomic mass is 10.1. The van der Waals surface area contributed by atoms with Crippen LogP contribution < -0.4 is 5.73 Å². The van der Waals surface area contributed by atoms with Crippen LogP contribution in [0.15, 0.2) is 58.3 Å². The molecule has 2 aromatic rings. The Morgan fingerprint density at radius 2 is 1.83 bits per heavy atom. The predicted octanol–water partition coefficient (Wildman–Crippen LogP) is 4.39. The van der Waals surface area contributed by atoms with Crippen LogP contribution in [0.25, 0.3) is 0 Å². The molecule has 0 radical (unpaired) electrons. The maximum Gasteiger partial charge on any atom is 0.124 e. The van der Waals surface area contributed by atoms with Gasteiger partial charge in [-0.05, 0) is 42.3 Å². The molecule has 0 unspecified atom stereocenters. The van der Waals surface area contributed by atoms with Crippen molar-refractivity contribution in [2.75, 3.05) is 0 Å². The van der Waals surface area contributed by atoms with Gasteiger partial charge in [0.15, 0.2) is 0 Å². The maximum atomic E-state index is 13.1. The van der Waals surface area contributed by atoms with Gasteiger partial charge < -0.3 is 5.73 Å². The van der Waals surface area contributed by atoms with E-state index in [1.807, 2.05) is 30.3 Å². The normalized spacial score (nSPS) is 12.4. The lowest BCUT2D eigenvalue weighted by Crippen LogP contribution is -2.07. The molecule has 0 bridgehead atoms. The van der Waals surface area contributed by atoms with Gasteiger partial charge in [-0.3, -0.25) is 0 Å². The molecule has 0 spiro atoms. The third-order valence-electron chi connectivity index (χ3n) is 2.78. The molecule has 0 heterocycles. The van der Waals surface area contributed by atoms with Crippen LogP contribution in [0.2, 0.25) is 0 Å². The van der Waals surface area contributed by atoms with E-state index in [0.29, 0.717) is 0 Å². The Labute approximate surface area is 111 Å². The second kappa shape index (κ2) is 6.03. The summed E-state index contributed by atoms with van der Waals surface area (Å²) in [4.78, 5) is 2.00. The molecule has 0 fully saturated rings. The summed E-state index contributed by atoms with van der Waals surface area (Å²) in [6.07, 6.45) is 0.927. The van der Waals surface area contributed by atoms with Crippen molar-refractivity contribution in [2.45, 2.75) is 29.2 Å². The summed E-state index contributed by atoms with van der Waals surface area (Å²) in [5, 5.41) is 0.